The second kappa shape index (κ2) is 9.26. The number of carbonyl (C=O) groups is 1. The summed E-state index contributed by atoms with van der Waals surface area (Å²) in [7, 11) is 0. The number of nitrogens with zero attached hydrogens (tertiary/aromatic N) is 2. The first-order valence-corrected chi connectivity index (χ1v) is 10.0. The molecule has 0 fully saturated rings. The molecule has 29 heavy (non-hydrogen) atoms. The second-order valence-electron chi connectivity index (χ2n) is 6.37. The van der Waals surface area contributed by atoms with E-state index in [0.717, 1.165) is 16.9 Å². The summed E-state index contributed by atoms with van der Waals surface area (Å²) < 4.78 is 5.45. The number of hydrogen-bond donors (Lipinski definition) is 1. The fraction of sp³-hybridized carbons (Fsp3) is 0.238. The molecule has 0 bridgehead atoms. The van der Waals surface area contributed by atoms with Gasteiger partial charge in [0.1, 0.15) is 5.75 Å². The maximum atomic E-state index is 12.3. The van der Waals surface area contributed by atoms with Gasteiger partial charge in [-0.3, -0.25) is 14.9 Å². The van der Waals surface area contributed by atoms with Gasteiger partial charge in [0.15, 0.2) is 0 Å². The van der Waals surface area contributed by atoms with Crippen molar-refractivity contribution < 1.29 is 14.5 Å². The maximum absolute atomic E-state index is 12.3. The van der Waals surface area contributed by atoms with Gasteiger partial charge in [0.2, 0.25) is 5.91 Å². The van der Waals surface area contributed by atoms with Crippen molar-refractivity contribution in [1.29, 1.82) is 5.26 Å². The van der Waals surface area contributed by atoms with Gasteiger partial charge in [-0.15, -0.1) is 11.8 Å². The fourth-order valence-corrected chi connectivity index (χ4v) is 4.08. The predicted molar refractivity (Wildman–Crippen MR) is 110 cm³/mol. The van der Waals surface area contributed by atoms with Crippen LogP contribution in [-0.2, 0) is 10.5 Å². The molecule has 0 radical (unpaired) electrons. The number of nitriles is 1. The maximum Gasteiger partial charge on any atom is 0.269 e. The molecule has 148 valence electrons. The number of amides is 1. The third-order valence-corrected chi connectivity index (χ3v) is 5.57. The molecule has 2 aromatic rings. The highest BCUT2D eigenvalue weighted by molar-refractivity contribution is 8.02. The molecule has 1 N–H and O–H groups in total. The van der Waals surface area contributed by atoms with Crippen LogP contribution in [0, 0.1) is 21.4 Å². The summed E-state index contributed by atoms with van der Waals surface area (Å²) in [5, 5.41) is 23.8. The molecule has 3 rings (SSSR count). The molecular weight excluding hydrogens is 390 g/mol. The topological polar surface area (TPSA) is 105 Å². The number of hydrogen-bond acceptors (Lipinski definition) is 6. The van der Waals surface area contributed by atoms with E-state index in [9.17, 15) is 20.2 Å². The number of non-ortho nitro benzene ring substituents is 1. The summed E-state index contributed by atoms with van der Waals surface area (Å²) in [6, 6.07) is 15.9. The first kappa shape index (κ1) is 20.4. The molecule has 0 unspecified atom stereocenters. The second-order valence-corrected chi connectivity index (χ2v) is 7.36. The Hall–Kier alpha value is -3.31. The van der Waals surface area contributed by atoms with Crippen LogP contribution in [0.5, 0.6) is 5.75 Å². The number of nitro groups is 1. The van der Waals surface area contributed by atoms with Crippen LogP contribution in [0.2, 0.25) is 0 Å². The van der Waals surface area contributed by atoms with Gasteiger partial charge < -0.3 is 10.1 Å². The molecule has 0 aliphatic carbocycles. The number of nitro benzene ring substituents is 1. The van der Waals surface area contributed by atoms with Gasteiger partial charge >= 0.3 is 0 Å². The highest BCUT2D eigenvalue weighted by atomic mass is 32.2. The summed E-state index contributed by atoms with van der Waals surface area (Å²) in [5.74, 6) is 0.763. The van der Waals surface area contributed by atoms with Gasteiger partial charge in [0.05, 0.1) is 28.2 Å². The van der Waals surface area contributed by atoms with Crippen molar-refractivity contribution in [3.05, 3.63) is 80.4 Å². The molecule has 0 spiro atoms. The van der Waals surface area contributed by atoms with Gasteiger partial charge in [0.25, 0.3) is 5.69 Å². The Balaban J connectivity index is 1.80. The lowest BCUT2D eigenvalue weighted by molar-refractivity contribution is -0.384. The van der Waals surface area contributed by atoms with E-state index < -0.39 is 4.92 Å². The van der Waals surface area contributed by atoms with Crippen molar-refractivity contribution in [3.8, 4) is 11.8 Å². The van der Waals surface area contributed by atoms with Crippen molar-refractivity contribution in [2.45, 2.75) is 25.0 Å². The summed E-state index contributed by atoms with van der Waals surface area (Å²) in [6.07, 6.45) is 0.207. The molecule has 0 saturated heterocycles. The zero-order valence-corrected chi connectivity index (χ0v) is 16.6. The Morgan fingerprint density at radius 1 is 1.24 bits per heavy atom. The zero-order chi connectivity index (χ0) is 20.8. The third kappa shape index (κ3) is 4.95. The summed E-state index contributed by atoms with van der Waals surface area (Å²) in [6.45, 7) is 2.47. The predicted octanol–water partition coefficient (Wildman–Crippen LogP) is 4.27. The minimum absolute atomic E-state index is 0.0252. The van der Waals surface area contributed by atoms with Gasteiger partial charge in [-0.2, -0.15) is 5.26 Å². The standard InChI is InChI=1S/C21H19N3O4S/c1-2-28-17-9-5-15(6-10-17)18-11-20(25)23-21(19(18)12-22)29-13-14-3-7-16(8-4-14)24(26)27/h3-10,18H,2,11,13H2,1H3,(H,23,25)/t18-/m0/s1. The van der Waals surface area contributed by atoms with E-state index in [4.69, 9.17) is 4.74 Å². The Bertz CT molecular complexity index is 978. The van der Waals surface area contributed by atoms with Gasteiger partial charge in [-0.1, -0.05) is 24.3 Å². The highest BCUT2D eigenvalue weighted by Crippen LogP contribution is 2.37. The highest BCUT2D eigenvalue weighted by Gasteiger charge is 2.29. The summed E-state index contributed by atoms with van der Waals surface area (Å²) in [5.41, 5.74) is 2.29. The van der Waals surface area contributed by atoms with Crippen LogP contribution >= 0.6 is 11.8 Å². The van der Waals surface area contributed by atoms with Crippen LogP contribution in [0.4, 0.5) is 5.69 Å². The van der Waals surface area contributed by atoms with E-state index in [2.05, 4.69) is 11.4 Å². The number of rotatable bonds is 7. The molecule has 1 aliphatic rings. The lowest BCUT2D eigenvalue weighted by Gasteiger charge is -2.25. The van der Waals surface area contributed by atoms with Crippen molar-refractivity contribution in [3.63, 3.8) is 0 Å². The van der Waals surface area contributed by atoms with E-state index in [-0.39, 0.29) is 23.9 Å². The third-order valence-electron chi connectivity index (χ3n) is 4.48. The minimum Gasteiger partial charge on any atom is -0.494 e. The van der Waals surface area contributed by atoms with Crippen molar-refractivity contribution in [2.75, 3.05) is 6.61 Å². The Labute approximate surface area is 172 Å². The normalized spacial score (nSPS) is 16.1. The fourth-order valence-electron chi connectivity index (χ4n) is 3.05. The number of carbonyl (C=O) groups excluding carboxylic acids is 1. The Morgan fingerprint density at radius 3 is 2.52 bits per heavy atom. The largest absolute Gasteiger partial charge is 0.494 e. The summed E-state index contributed by atoms with van der Waals surface area (Å²) in [4.78, 5) is 22.6. The first-order valence-electron chi connectivity index (χ1n) is 9.04. The zero-order valence-electron chi connectivity index (χ0n) is 15.8. The smallest absolute Gasteiger partial charge is 0.269 e. The molecule has 8 heteroatoms. The van der Waals surface area contributed by atoms with E-state index in [1.807, 2.05) is 31.2 Å². The lowest BCUT2D eigenvalue weighted by Crippen LogP contribution is -2.30. The van der Waals surface area contributed by atoms with Crippen LogP contribution < -0.4 is 10.1 Å². The molecule has 1 amide bonds. The quantitative estimate of drug-likeness (QED) is 0.541. The molecule has 0 saturated carbocycles. The lowest BCUT2D eigenvalue weighted by atomic mass is 9.87. The van der Waals surface area contributed by atoms with Crippen LogP contribution in [-0.4, -0.2) is 17.4 Å². The SMILES string of the molecule is CCOc1ccc([C@@H]2CC(=O)NC(SCc3ccc([N+](=O)[O-])cc3)=C2C#N)cc1. The molecular formula is C21H19N3O4S. The van der Waals surface area contributed by atoms with Gasteiger partial charge in [-0.25, -0.2) is 0 Å². The molecule has 2 aromatic carbocycles. The molecule has 1 atom stereocenters. The summed E-state index contributed by atoms with van der Waals surface area (Å²) >= 11 is 1.34. The van der Waals surface area contributed by atoms with E-state index >= 15 is 0 Å². The number of ether oxygens (including phenoxy) is 1. The number of thioether (sulfide) groups is 1. The number of allylic oxidation sites excluding steroid dienone is 1. The Kier molecular flexibility index (Phi) is 6.52. The van der Waals surface area contributed by atoms with Crippen molar-refractivity contribution >= 4 is 23.4 Å². The van der Waals surface area contributed by atoms with Crippen molar-refractivity contribution in [2.24, 2.45) is 0 Å². The average Bonchev–Trinajstić information content (AvgIpc) is 2.73. The van der Waals surface area contributed by atoms with Crippen LogP contribution in [0.15, 0.2) is 59.1 Å². The van der Waals surface area contributed by atoms with Gasteiger partial charge in [0, 0.05) is 30.2 Å². The van der Waals surface area contributed by atoms with Crippen molar-refractivity contribution in [1.82, 2.24) is 5.32 Å². The first-order chi connectivity index (χ1) is 14.0. The van der Waals surface area contributed by atoms with E-state index in [1.54, 1.807) is 12.1 Å². The van der Waals surface area contributed by atoms with E-state index in [1.165, 1.54) is 23.9 Å². The van der Waals surface area contributed by atoms with E-state index in [0.29, 0.717) is 23.0 Å². The van der Waals surface area contributed by atoms with Crippen LogP contribution in [0.25, 0.3) is 0 Å². The molecule has 0 aromatic heterocycles. The van der Waals surface area contributed by atoms with Crippen LogP contribution in [0.1, 0.15) is 30.4 Å². The monoisotopic (exact) mass is 409 g/mol. The Morgan fingerprint density at radius 2 is 1.93 bits per heavy atom. The molecule has 7 nitrogen and oxygen atoms in total. The van der Waals surface area contributed by atoms with Gasteiger partial charge in [-0.05, 0) is 30.2 Å². The molecule has 1 heterocycles. The number of nitrogens with one attached hydrogen (secondary N) is 1. The number of benzene rings is 2. The average molecular weight is 409 g/mol. The van der Waals surface area contributed by atoms with Crippen LogP contribution in [0.3, 0.4) is 0 Å². The minimum atomic E-state index is -0.448. The molecule has 1 aliphatic heterocycles.